The Hall–Kier alpha value is -3.80. The molecule has 2 aromatic heterocycles. The maximum atomic E-state index is 12.9. The molecule has 0 radical (unpaired) electrons. The Kier molecular flexibility index (Phi) is 5.42. The number of carbonyl (C=O) groups excluding carboxylic acids is 1. The number of benzene rings is 2. The maximum absolute atomic E-state index is 12.9. The summed E-state index contributed by atoms with van der Waals surface area (Å²) in [6.45, 7) is 0.592. The van der Waals surface area contributed by atoms with Crippen LogP contribution in [0.5, 0.6) is 5.75 Å². The molecule has 0 aliphatic carbocycles. The Morgan fingerprint density at radius 3 is 2.55 bits per heavy atom. The lowest BCUT2D eigenvalue weighted by atomic mass is 10.0. The lowest BCUT2D eigenvalue weighted by Gasteiger charge is -2.11. The second kappa shape index (κ2) is 8.48. The van der Waals surface area contributed by atoms with E-state index in [1.165, 1.54) is 12.1 Å². The SMILES string of the molecule is O=C(NCCOc1ccc(F)cc1)c1cc(-c2ccncc2)nc2ccccc12. The van der Waals surface area contributed by atoms with Gasteiger partial charge in [0.15, 0.2) is 0 Å². The van der Waals surface area contributed by atoms with E-state index in [0.717, 1.165) is 16.5 Å². The van der Waals surface area contributed by atoms with Gasteiger partial charge in [0.25, 0.3) is 5.91 Å². The van der Waals surface area contributed by atoms with E-state index in [9.17, 15) is 9.18 Å². The largest absolute Gasteiger partial charge is 0.492 e. The van der Waals surface area contributed by atoms with Gasteiger partial charge in [-0.25, -0.2) is 9.37 Å². The average Bonchev–Trinajstić information content (AvgIpc) is 2.77. The van der Waals surface area contributed by atoms with E-state index in [0.29, 0.717) is 23.6 Å². The van der Waals surface area contributed by atoms with Crippen LogP contribution in [-0.4, -0.2) is 29.0 Å². The van der Waals surface area contributed by atoms with Gasteiger partial charge < -0.3 is 10.1 Å². The highest BCUT2D eigenvalue weighted by Crippen LogP contribution is 2.24. The molecule has 0 spiro atoms. The molecule has 0 aliphatic heterocycles. The Labute approximate surface area is 167 Å². The van der Waals surface area contributed by atoms with Crippen LogP contribution in [0.3, 0.4) is 0 Å². The fraction of sp³-hybridized carbons (Fsp3) is 0.0870. The Bertz CT molecular complexity index is 1130. The van der Waals surface area contributed by atoms with Gasteiger partial charge in [-0.2, -0.15) is 0 Å². The highest BCUT2D eigenvalue weighted by molar-refractivity contribution is 6.07. The minimum atomic E-state index is -0.319. The van der Waals surface area contributed by atoms with Crippen LogP contribution in [0.4, 0.5) is 4.39 Å². The number of para-hydroxylation sites is 1. The molecule has 5 nitrogen and oxygen atoms in total. The molecule has 1 amide bonds. The summed E-state index contributed by atoms with van der Waals surface area (Å²) in [5.41, 5.74) is 2.89. The fourth-order valence-corrected chi connectivity index (χ4v) is 2.99. The minimum Gasteiger partial charge on any atom is -0.492 e. The van der Waals surface area contributed by atoms with Crippen molar-refractivity contribution >= 4 is 16.8 Å². The number of rotatable bonds is 6. The molecule has 1 N–H and O–H groups in total. The summed E-state index contributed by atoms with van der Waals surface area (Å²) in [5.74, 6) is 0.0248. The Morgan fingerprint density at radius 1 is 1.00 bits per heavy atom. The third kappa shape index (κ3) is 4.38. The van der Waals surface area contributed by atoms with Crippen molar-refractivity contribution in [3.8, 4) is 17.0 Å². The molecule has 144 valence electrons. The van der Waals surface area contributed by atoms with Gasteiger partial charge in [-0.15, -0.1) is 0 Å². The maximum Gasteiger partial charge on any atom is 0.252 e. The van der Waals surface area contributed by atoms with Crippen molar-refractivity contribution in [1.82, 2.24) is 15.3 Å². The normalized spacial score (nSPS) is 10.7. The van der Waals surface area contributed by atoms with Crippen LogP contribution >= 0.6 is 0 Å². The molecule has 2 aromatic carbocycles. The number of halogens is 1. The van der Waals surface area contributed by atoms with E-state index < -0.39 is 0 Å². The minimum absolute atomic E-state index is 0.207. The number of amides is 1. The van der Waals surface area contributed by atoms with Crippen LogP contribution in [0.25, 0.3) is 22.2 Å². The van der Waals surface area contributed by atoms with Crippen LogP contribution in [0.15, 0.2) is 79.1 Å². The highest BCUT2D eigenvalue weighted by atomic mass is 19.1. The molecule has 2 heterocycles. The first kappa shape index (κ1) is 18.6. The van der Waals surface area contributed by atoms with Crippen molar-refractivity contribution in [2.45, 2.75) is 0 Å². The average molecular weight is 387 g/mol. The van der Waals surface area contributed by atoms with E-state index in [1.54, 1.807) is 30.6 Å². The number of hydrogen-bond acceptors (Lipinski definition) is 4. The predicted molar refractivity (Wildman–Crippen MR) is 109 cm³/mol. The summed E-state index contributed by atoms with van der Waals surface area (Å²) in [6.07, 6.45) is 3.39. The summed E-state index contributed by atoms with van der Waals surface area (Å²) in [6, 6.07) is 18.8. The van der Waals surface area contributed by atoms with E-state index in [-0.39, 0.29) is 18.3 Å². The van der Waals surface area contributed by atoms with E-state index in [4.69, 9.17) is 4.74 Å². The molecule has 6 heteroatoms. The van der Waals surface area contributed by atoms with Crippen molar-refractivity contribution in [3.05, 3.63) is 90.5 Å². The monoisotopic (exact) mass is 387 g/mol. The number of hydrogen-bond donors (Lipinski definition) is 1. The van der Waals surface area contributed by atoms with Gasteiger partial charge in [0.1, 0.15) is 18.2 Å². The lowest BCUT2D eigenvalue weighted by molar-refractivity contribution is 0.0948. The molecule has 0 saturated carbocycles. The standard InChI is InChI=1S/C23H18FN3O2/c24-17-5-7-18(8-6-17)29-14-13-26-23(28)20-15-22(16-9-11-25-12-10-16)27-21-4-2-1-3-19(20)21/h1-12,15H,13-14H2,(H,26,28). The fourth-order valence-electron chi connectivity index (χ4n) is 2.99. The number of carbonyl (C=O) groups is 1. The van der Waals surface area contributed by atoms with Crippen LogP contribution in [0, 0.1) is 5.82 Å². The highest BCUT2D eigenvalue weighted by Gasteiger charge is 2.13. The number of pyridine rings is 2. The number of ether oxygens (including phenoxy) is 1. The zero-order chi connectivity index (χ0) is 20.1. The van der Waals surface area contributed by atoms with Crippen molar-refractivity contribution in [3.63, 3.8) is 0 Å². The van der Waals surface area contributed by atoms with Gasteiger partial charge in [0, 0.05) is 23.3 Å². The number of fused-ring (bicyclic) bond motifs is 1. The van der Waals surface area contributed by atoms with Gasteiger partial charge in [-0.3, -0.25) is 9.78 Å². The first-order chi connectivity index (χ1) is 14.2. The smallest absolute Gasteiger partial charge is 0.252 e. The molecule has 29 heavy (non-hydrogen) atoms. The van der Waals surface area contributed by atoms with Crippen molar-refractivity contribution in [2.75, 3.05) is 13.2 Å². The van der Waals surface area contributed by atoms with Gasteiger partial charge in [-0.05, 0) is 48.5 Å². The number of nitrogens with one attached hydrogen (secondary N) is 1. The number of nitrogens with zero attached hydrogens (tertiary/aromatic N) is 2. The zero-order valence-electron chi connectivity index (χ0n) is 15.5. The number of aromatic nitrogens is 2. The second-order valence-corrected chi connectivity index (χ2v) is 6.37. The summed E-state index contributed by atoms with van der Waals surface area (Å²) in [7, 11) is 0. The van der Waals surface area contributed by atoms with Crippen LogP contribution in [-0.2, 0) is 0 Å². The molecule has 4 aromatic rings. The van der Waals surface area contributed by atoms with Crippen LogP contribution < -0.4 is 10.1 Å². The first-order valence-electron chi connectivity index (χ1n) is 9.17. The molecule has 0 fully saturated rings. The molecular weight excluding hydrogens is 369 g/mol. The second-order valence-electron chi connectivity index (χ2n) is 6.37. The zero-order valence-corrected chi connectivity index (χ0v) is 15.5. The van der Waals surface area contributed by atoms with Gasteiger partial charge in [0.05, 0.1) is 23.3 Å². The topological polar surface area (TPSA) is 64.1 Å². The van der Waals surface area contributed by atoms with E-state index in [2.05, 4.69) is 15.3 Å². The van der Waals surface area contributed by atoms with Gasteiger partial charge >= 0.3 is 0 Å². The molecule has 0 aliphatic rings. The van der Waals surface area contributed by atoms with Crippen LogP contribution in [0.1, 0.15) is 10.4 Å². The summed E-state index contributed by atoms with van der Waals surface area (Å²) >= 11 is 0. The lowest BCUT2D eigenvalue weighted by Crippen LogP contribution is -2.28. The predicted octanol–water partition coefficient (Wildman–Crippen LogP) is 4.24. The molecule has 4 rings (SSSR count). The Morgan fingerprint density at radius 2 is 1.76 bits per heavy atom. The van der Waals surface area contributed by atoms with Gasteiger partial charge in [-0.1, -0.05) is 18.2 Å². The van der Waals surface area contributed by atoms with E-state index in [1.807, 2.05) is 36.4 Å². The molecular formula is C23H18FN3O2. The van der Waals surface area contributed by atoms with Crippen molar-refractivity contribution in [1.29, 1.82) is 0 Å². The third-order valence-corrected chi connectivity index (χ3v) is 4.41. The van der Waals surface area contributed by atoms with Crippen molar-refractivity contribution in [2.24, 2.45) is 0 Å². The molecule has 0 atom stereocenters. The molecule has 0 saturated heterocycles. The Balaban J connectivity index is 1.51. The summed E-state index contributed by atoms with van der Waals surface area (Å²) < 4.78 is 18.5. The van der Waals surface area contributed by atoms with Crippen molar-refractivity contribution < 1.29 is 13.9 Å². The van der Waals surface area contributed by atoms with Gasteiger partial charge in [0.2, 0.25) is 0 Å². The van der Waals surface area contributed by atoms with E-state index >= 15 is 0 Å². The summed E-state index contributed by atoms with van der Waals surface area (Å²) in [4.78, 5) is 21.5. The first-order valence-corrected chi connectivity index (χ1v) is 9.17. The third-order valence-electron chi connectivity index (χ3n) is 4.41. The van der Waals surface area contributed by atoms with Crippen LogP contribution in [0.2, 0.25) is 0 Å². The molecule has 0 bridgehead atoms. The molecule has 0 unspecified atom stereocenters. The summed E-state index contributed by atoms with van der Waals surface area (Å²) in [5, 5.41) is 3.65. The quantitative estimate of drug-likeness (QED) is 0.503.